The van der Waals surface area contributed by atoms with Crippen LogP contribution in [0.3, 0.4) is 0 Å². The van der Waals surface area contributed by atoms with Gasteiger partial charge in [-0.3, -0.25) is 0 Å². The van der Waals surface area contributed by atoms with E-state index in [1.807, 2.05) is 76.3 Å². The van der Waals surface area contributed by atoms with Gasteiger partial charge in [0.25, 0.3) is 0 Å². The topological polar surface area (TPSA) is 37.3 Å². The first kappa shape index (κ1) is 18.7. The molecular formula is C21H26O2. The molecule has 0 amide bonds. The Labute approximate surface area is 139 Å². The lowest BCUT2D eigenvalue weighted by atomic mass is 9.85. The van der Waals surface area contributed by atoms with Gasteiger partial charge in [-0.05, 0) is 29.9 Å². The molecule has 0 bridgehead atoms. The molecule has 0 aliphatic carbocycles. The molecule has 0 spiro atoms. The van der Waals surface area contributed by atoms with Crippen molar-refractivity contribution >= 4 is 12.0 Å². The Balaban J connectivity index is 3.36. The summed E-state index contributed by atoms with van der Waals surface area (Å²) in [5, 5.41) is 9.64. The van der Waals surface area contributed by atoms with E-state index in [1.54, 1.807) is 6.08 Å². The SMILES string of the molecule is C=CC(C)=CC(C=Cc1ccccc1)=C(CC(C)(C)C)C(=O)O. The molecule has 0 aromatic heterocycles. The number of carboxylic acids is 1. The van der Waals surface area contributed by atoms with E-state index in [1.165, 1.54) is 0 Å². The number of carboxylic acid groups (broad SMARTS) is 1. The highest BCUT2D eigenvalue weighted by molar-refractivity contribution is 5.89. The van der Waals surface area contributed by atoms with Gasteiger partial charge in [0.15, 0.2) is 0 Å². The van der Waals surface area contributed by atoms with E-state index in [0.717, 1.165) is 11.1 Å². The van der Waals surface area contributed by atoms with Crippen LogP contribution in [0.2, 0.25) is 0 Å². The van der Waals surface area contributed by atoms with Crippen molar-refractivity contribution in [2.24, 2.45) is 5.41 Å². The lowest BCUT2D eigenvalue weighted by Crippen LogP contribution is -2.13. The molecule has 1 aromatic carbocycles. The number of hydrogen-bond acceptors (Lipinski definition) is 1. The molecule has 2 nitrogen and oxygen atoms in total. The summed E-state index contributed by atoms with van der Waals surface area (Å²) in [5.41, 5.74) is 3.01. The summed E-state index contributed by atoms with van der Waals surface area (Å²) in [5.74, 6) is -0.874. The number of aliphatic carboxylic acids is 1. The van der Waals surface area contributed by atoms with Crippen LogP contribution >= 0.6 is 0 Å². The first-order valence-electron chi connectivity index (χ1n) is 7.73. The zero-order valence-electron chi connectivity index (χ0n) is 14.5. The second-order valence-electron chi connectivity index (χ2n) is 6.81. The molecule has 23 heavy (non-hydrogen) atoms. The van der Waals surface area contributed by atoms with Gasteiger partial charge in [-0.2, -0.15) is 0 Å². The largest absolute Gasteiger partial charge is 0.478 e. The fourth-order valence-electron chi connectivity index (χ4n) is 2.12. The van der Waals surface area contributed by atoms with E-state index in [9.17, 15) is 9.90 Å². The van der Waals surface area contributed by atoms with Gasteiger partial charge in [0, 0.05) is 5.57 Å². The Kier molecular flexibility index (Phi) is 6.77. The maximum absolute atomic E-state index is 11.8. The van der Waals surface area contributed by atoms with Crippen LogP contribution in [0.1, 0.15) is 39.7 Å². The third-order valence-electron chi connectivity index (χ3n) is 3.27. The van der Waals surface area contributed by atoms with Crippen molar-refractivity contribution in [1.82, 2.24) is 0 Å². The summed E-state index contributed by atoms with van der Waals surface area (Å²) >= 11 is 0. The van der Waals surface area contributed by atoms with E-state index in [0.29, 0.717) is 17.6 Å². The number of allylic oxidation sites excluding steroid dienone is 5. The highest BCUT2D eigenvalue weighted by atomic mass is 16.4. The van der Waals surface area contributed by atoms with Crippen molar-refractivity contribution in [1.29, 1.82) is 0 Å². The van der Waals surface area contributed by atoms with E-state index in [2.05, 4.69) is 6.58 Å². The summed E-state index contributed by atoms with van der Waals surface area (Å²) in [6.07, 6.45) is 7.91. The second-order valence-corrected chi connectivity index (χ2v) is 6.81. The quantitative estimate of drug-likeness (QED) is 0.544. The van der Waals surface area contributed by atoms with Crippen molar-refractivity contribution in [3.05, 3.63) is 77.4 Å². The normalized spacial score (nSPS) is 13.8. The molecule has 1 N–H and O–H groups in total. The molecule has 0 aliphatic rings. The minimum absolute atomic E-state index is 0.102. The van der Waals surface area contributed by atoms with Gasteiger partial charge < -0.3 is 5.11 Å². The van der Waals surface area contributed by atoms with Crippen LogP contribution in [0.15, 0.2) is 71.9 Å². The molecule has 1 aromatic rings. The average Bonchev–Trinajstić information content (AvgIpc) is 2.49. The van der Waals surface area contributed by atoms with Gasteiger partial charge in [-0.15, -0.1) is 0 Å². The van der Waals surface area contributed by atoms with Crippen LogP contribution in [0, 0.1) is 5.41 Å². The van der Waals surface area contributed by atoms with Crippen LogP contribution in [-0.2, 0) is 4.79 Å². The second kappa shape index (κ2) is 8.33. The highest BCUT2D eigenvalue weighted by Crippen LogP contribution is 2.28. The van der Waals surface area contributed by atoms with Gasteiger partial charge in [-0.25, -0.2) is 4.79 Å². The molecule has 122 valence electrons. The standard InChI is InChI=1S/C21H26O2/c1-6-16(2)14-18(13-12-17-10-8-7-9-11-17)19(20(22)23)15-21(3,4)5/h6-14H,1,15H2,2-5H3,(H,22,23). The number of benzene rings is 1. The molecule has 2 heteroatoms. The molecule has 0 saturated heterocycles. The number of rotatable bonds is 6. The molecule has 0 saturated carbocycles. The lowest BCUT2D eigenvalue weighted by molar-refractivity contribution is -0.133. The van der Waals surface area contributed by atoms with Crippen molar-refractivity contribution < 1.29 is 9.90 Å². The fraction of sp³-hybridized carbons (Fsp3) is 0.286. The average molecular weight is 310 g/mol. The van der Waals surface area contributed by atoms with Crippen LogP contribution in [0.4, 0.5) is 0 Å². The van der Waals surface area contributed by atoms with Gasteiger partial charge in [0.1, 0.15) is 0 Å². The predicted octanol–water partition coefficient (Wildman–Crippen LogP) is 5.65. The highest BCUT2D eigenvalue weighted by Gasteiger charge is 2.20. The summed E-state index contributed by atoms with van der Waals surface area (Å²) in [6, 6.07) is 9.85. The van der Waals surface area contributed by atoms with Crippen molar-refractivity contribution in [3.8, 4) is 0 Å². The monoisotopic (exact) mass is 310 g/mol. The van der Waals surface area contributed by atoms with E-state index in [4.69, 9.17) is 0 Å². The van der Waals surface area contributed by atoms with Gasteiger partial charge >= 0.3 is 5.97 Å². The zero-order chi connectivity index (χ0) is 17.5. The van der Waals surface area contributed by atoms with Crippen molar-refractivity contribution in [2.75, 3.05) is 0 Å². The Bertz CT molecular complexity index is 638. The molecule has 0 aliphatic heterocycles. The smallest absolute Gasteiger partial charge is 0.332 e. The minimum atomic E-state index is -0.874. The van der Waals surface area contributed by atoms with Gasteiger partial charge in [0.2, 0.25) is 0 Å². The summed E-state index contributed by atoms with van der Waals surface area (Å²) < 4.78 is 0. The molecule has 0 radical (unpaired) electrons. The molecule has 0 fully saturated rings. The first-order valence-corrected chi connectivity index (χ1v) is 7.73. The Morgan fingerprint density at radius 2 is 1.83 bits per heavy atom. The maximum Gasteiger partial charge on any atom is 0.332 e. The molecule has 0 unspecified atom stereocenters. The third-order valence-corrected chi connectivity index (χ3v) is 3.27. The summed E-state index contributed by atoms with van der Waals surface area (Å²) in [6.45, 7) is 11.8. The minimum Gasteiger partial charge on any atom is -0.478 e. The molecule has 1 rings (SSSR count). The van der Waals surface area contributed by atoms with Crippen molar-refractivity contribution in [3.63, 3.8) is 0 Å². The number of hydrogen-bond donors (Lipinski definition) is 1. The zero-order valence-corrected chi connectivity index (χ0v) is 14.5. The third kappa shape index (κ3) is 6.96. The molecule has 0 atom stereocenters. The van der Waals surface area contributed by atoms with Crippen LogP contribution in [-0.4, -0.2) is 11.1 Å². The van der Waals surface area contributed by atoms with Crippen LogP contribution in [0.25, 0.3) is 6.08 Å². The fourth-order valence-corrected chi connectivity index (χ4v) is 2.12. The van der Waals surface area contributed by atoms with E-state index in [-0.39, 0.29) is 5.41 Å². The Morgan fingerprint density at radius 3 is 2.30 bits per heavy atom. The molecule has 0 heterocycles. The van der Waals surface area contributed by atoms with E-state index < -0.39 is 5.97 Å². The van der Waals surface area contributed by atoms with Crippen molar-refractivity contribution in [2.45, 2.75) is 34.1 Å². The van der Waals surface area contributed by atoms with Gasteiger partial charge in [0.05, 0.1) is 0 Å². The van der Waals surface area contributed by atoms with Crippen LogP contribution in [0.5, 0.6) is 0 Å². The number of carbonyl (C=O) groups is 1. The van der Waals surface area contributed by atoms with Gasteiger partial charge in [-0.1, -0.05) is 87.6 Å². The first-order chi connectivity index (χ1) is 10.7. The summed E-state index contributed by atoms with van der Waals surface area (Å²) in [4.78, 5) is 11.8. The van der Waals surface area contributed by atoms with E-state index >= 15 is 0 Å². The van der Waals surface area contributed by atoms with Crippen LogP contribution < -0.4 is 0 Å². The summed E-state index contributed by atoms with van der Waals surface area (Å²) in [7, 11) is 0. The Morgan fingerprint density at radius 1 is 1.22 bits per heavy atom. The predicted molar refractivity (Wildman–Crippen MR) is 98.2 cm³/mol. The Hall–Kier alpha value is -2.35. The maximum atomic E-state index is 11.8. The molecular weight excluding hydrogens is 284 g/mol. The lowest BCUT2D eigenvalue weighted by Gasteiger charge is -2.19.